The van der Waals surface area contributed by atoms with E-state index < -0.39 is 6.09 Å². The fourth-order valence-electron chi connectivity index (χ4n) is 4.32. The third-order valence-electron chi connectivity index (χ3n) is 5.93. The first-order valence-corrected chi connectivity index (χ1v) is 10.7. The first-order valence-electron chi connectivity index (χ1n) is 10.7. The smallest absolute Gasteiger partial charge is 0.411 e. The minimum absolute atomic E-state index is 0.193. The van der Waals surface area contributed by atoms with Gasteiger partial charge in [0.15, 0.2) is 11.5 Å². The average Bonchev–Trinajstić information content (AvgIpc) is 3.24. The molecular weight excluding hydrogens is 425 g/mol. The van der Waals surface area contributed by atoms with E-state index in [1.807, 2.05) is 28.8 Å². The Labute approximate surface area is 188 Å². The molecule has 0 radical (unpaired) electrons. The lowest BCUT2D eigenvalue weighted by molar-refractivity contribution is 0.122. The lowest BCUT2D eigenvalue weighted by Gasteiger charge is -2.27. The Hall–Kier alpha value is -3.98. The Kier molecular flexibility index (Phi) is 4.69. The van der Waals surface area contributed by atoms with Crippen LogP contribution < -0.4 is 10.2 Å². The molecule has 0 saturated carbocycles. The van der Waals surface area contributed by atoms with Crippen molar-refractivity contribution in [1.29, 1.82) is 0 Å². The van der Waals surface area contributed by atoms with Crippen LogP contribution in [0.2, 0.25) is 0 Å². The predicted octanol–water partition coefficient (Wildman–Crippen LogP) is 4.10. The van der Waals surface area contributed by atoms with Gasteiger partial charge in [0, 0.05) is 42.2 Å². The molecule has 8 nitrogen and oxygen atoms in total. The number of aromatic nitrogens is 3. The van der Waals surface area contributed by atoms with Gasteiger partial charge < -0.3 is 14.4 Å². The summed E-state index contributed by atoms with van der Waals surface area (Å²) in [6.45, 7) is 2.93. The monoisotopic (exact) mass is 445 g/mol. The second kappa shape index (κ2) is 7.86. The van der Waals surface area contributed by atoms with E-state index in [1.54, 1.807) is 18.3 Å². The van der Waals surface area contributed by atoms with Gasteiger partial charge in [0.2, 0.25) is 0 Å². The van der Waals surface area contributed by atoms with E-state index >= 15 is 0 Å². The fourth-order valence-corrected chi connectivity index (χ4v) is 4.32. The van der Waals surface area contributed by atoms with Crippen LogP contribution in [0.1, 0.15) is 5.56 Å². The molecular formula is C24H20FN5O3. The lowest BCUT2D eigenvalue weighted by Crippen LogP contribution is -2.37. The van der Waals surface area contributed by atoms with Crippen molar-refractivity contribution in [3.05, 3.63) is 66.2 Å². The summed E-state index contributed by atoms with van der Waals surface area (Å²) in [7, 11) is 0. The van der Waals surface area contributed by atoms with Gasteiger partial charge in [-0.15, -0.1) is 0 Å². The van der Waals surface area contributed by atoms with Crippen molar-refractivity contribution in [3.63, 3.8) is 0 Å². The minimum Gasteiger partial charge on any atom is -0.444 e. The Morgan fingerprint density at radius 2 is 1.82 bits per heavy atom. The van der Waals surface area contributed by atoms with Crippen LogP contribution in [-0.4, -0.2) is 46.8 Å². The van der Waals surface area contributed by atoms with Crippen LogP contribution in [-0.2, 0) is 16.1 Å². The number of fused-ring (bicyclic) bond motifs is 2. The summed E-state index contributed by atoms with van der Waals surface area (Å²) in [5.74, 6) is 0.477. The maximum absolute atomic E-state index is 13.7. The summed E-state index contributed by atoms with van der Waals surface area (Å²) >= 11 is 0. The van der Waals surface area contributed by atoms with Gasteiger partial charge in [-0.2, -0.15) is 0 Å². The van der Waals surface area contributed by atoms with Crippen molar-refractivity contribution >= 4 is 23.2 Å². The number of benzene rings is 2. The quantitative estimate of drug-likeness (QED) is 0.511. The average molecular weight is 445 g/mol. The first-order chi connectivity index (χ1) is 16.2. The number of imidazole rings is 1. The minimum atomic E-state index is -0.460. The van der Waals surface area contributed by atoms with Crippen molar-refractivity contribution in [3.8, 4) is 22.5 Å². The van der Waals surface area contributed by atoms with Gasteiger partial charge in [0.25, 0.3) is 0 Å². The second-order valence-corrected chi connectivity index (χ2v) is 7.93. The standard InChI is InChI=1S/C24H20FN5O3/c25-18-4-1-15(2-5-18)20-21(16-3-6-19-17(13-16)14-33-24(31)27-19)30-8-7-26-22(23(30)28-20)29-9-11-32-12-10-29/h1-8,13H,9-12,14H2,(H,27,31). The highest BCUT2D eigenvalue weighted by Crippen LogP contribution is 2.37. The van der Waals surface area contributed by atoms with Crippen molar-refractivity contribution < 1.29 is 18.7 Å². The zero-order valence-corrected chi connectivity index (χ0v) is 17.6. The number of anilines is 2. The predicted molar refractivity (Wildman–Crippen MR) is 121 cm³/mol. The van der Waals surface area contributed by atoms with E-state index in [-0.39, 0.29) is 12.4 Å². The highest BCUT2D eigenvalue weighted by atomic mass is 19.1. The molecule has 1 fully saturated rings. The number of carbonyl (C=O) groups excluding carboxylic acids is 1. The summed E-state index contributed by atoms with van der Waals surface area (Å²) in [6, 6.07) is 12.1. The van der Waals surface area contributed by atoms with Crippen molar-refractivity contribution in [2.45, 2.75) is 6.61 Å². The number of rotatable bonds is 3. The molecule has 2 aliphatic rings. The van der Waals surface area contributed by atoms with E-state index in [0.29, 0.717) is 13.2 Å². The number of carbonyl (C=O) groups is 1. The lowest BCUT2D eigenvalue weighted by atomic mass is 10.0. The van der Waals surface area contributed by atoms with Gasteiger partial charge in [0.1, 0.15) is 12.4 Å². The summed E-state index contributed by atoms with van der Waals surface area (Å²) in [6.07, 6.45) is 3.18. The van der Waals surface area contributed by atoms with E-state index in [1.165, 1.54) is 12.1 Å². The molecule has 6 rings (SSSR count). The van der Waals surface area contributed by atoms with Gasteiger partial charge in [-0.1, -0.05) is 6.07 Å². The third-order valence-corrected chi connectivity index (χ3v) is 5.93. The van der Waals surface area contributed by atoms with Gasteiger partial charge in [-0.3, -0.25) is 9.72 Å². The van der Waals surface area contributed by atoms with Crippen LogP contribution in [0, 0.1) is 5.82 Å². The molecule has 166 valence electrons. The zero-order valence-electron chi connectivity index (χ0n) is 17.6. The summed E-state index contributed by atoms with van der Waals surface area (Å²) in [5, 5.41) is 2.72. The van der Waals surface area contributed by atoms with Crippen molar-refractivity contribution in [2.24, 2.45) is 0 Å². The van der Waals surface area contributed by atoms with Crippen LogP contribution in [0.25, 0.3) is 28.2 Å². The number of hydrogen-bond acceptors (Lipinski definition) is 6. The Morgan fingerprint density at radius 3 is 2.64 bits per heavy atom. The van der Waals surface area contributed by atoms with Gasteiger partial charge in [-0.25, -0.2) is 19.2 Å². The Bertz CT molecular complexity index is 1360. The van der Waals surface area contributed by atoms with Crippen LogP contribution in [0.3, 0.4) is 0 Å². The number of halogens is 1. The normalized spacial score (nSPS) is 15.8. The molecule has 9 heteroatoms. The summed E-state index contributed by atoms with van der Waals surface area (Å²) < 4.78 is 26.3. The number of ether oxygens (including phenoxy) is 2. The fraction of sp³-hybridized carbons (Fsp3) is 0.208. The Morgan fingerprint density at radius 1 is 1.03 bits per heavy atom. The maximum atomic E-state index is 13.7. The van der Waals surface area contributed by atoms with Crippen LogP contribution >= 0.6 is 0 Å². The van der Waals surface area contributed by atoms with Crippen molar-refractivity contribution in [1.82, 2.24) is 14.4 Å². The Balaban J connectivity index is 1.57. The van der Waals surface area contributed by atoms with Crippen LogP contribution in [0.5, 0.6) is 0 Å². The summed E-state index contributed by atoms with van der Waals surface area (Å²) in [5.41, 5.74) is 5.59. The van der Waals surface area contributed by atoms with Gasteiger partial charge in [0.05, 0.1) is 30.3 Å². The topological polar surface area (TPSA) is 81.0 Å². The largest absolute Gasteiger partial charge is 0.444 e. The highest BCUT2D eigenvalue weighted by molar-refractivity contribution is 5.90. The van der Waals surface area contributed by atoms with E-state index in [0.717, 1.165) is 58.3 Å². The molecule has 33 heavy (non-hydrogen) atoms. The molecule has 4 aromatic rings. The number of hydrogen-bond donors (Lipinski definition) is 1. The summed E-state index contributed by atoms with van der Waals surface area (Å²) in [4.78, 5) is 23.3. The molecule has 1 amide bonds. The molecule has 0 unspecified atom stereocenters. The van der Waals surface area contributed by atoms with Gasteiger partial charge in [-0.05, 0) is 36.4 Å². The molecule has 0 bridgehead atoms. The number of amides is 1. The molecule has 1 saturated heterocycles. The second-order valence-electron chi connectivity index (χ2n) is 7.93. The number of morpholine rings is 1. The molecule has 2 aromatic heterocycles. The first kappa shape index (κ1) is 19.7. The third kappa shape index (κ3) is 3.46. The van der Waals surface area contributed by atoms with Crippen LogP contribution in [0.15, 0.2) is 54.9 Å². The molecule has 2 aromatic carbocycles. The van der Waals surface area contributed by atoms with Crippen LogP contribution in [0.4, 0.5) is 20.7 Å². The van der Waals surface area contributed by atoms with E-state index in [9.17, 15) is 9.18 Å². The molecule has 0 atom stereocenters. The molecule has 0 spiro atoms. The van der Waals surface area contributed by atoms with Gasteiger partial charge >= 0.3 is 6.09 Å². The molecule has 1 N–H and O–H groups in total. The zero-order chi connectivity index (χ0) is 22.4. The van der Waals surface area contributed by atoms with E-state index in [2.05, 4.69) is 15.2 Å². The number of nitrogens with one attached hydrogen (secondary N) is 1. The van der Waals surface area contributed by atoms with Crippen molar-refractivity contribution in [2.75, 3.05) is 36.5 Å². The number of nitrogens with zero attached hydrogens (tertiary/aromatic N) is 4. The number of cyclic esters (lactones) is 1. The van der Waals surface area contributed by atoms with E-state index in [4.69, 9.17) is 14.5 Å². The molecule has 0 aliphatic carbocycles. The maximum Gasteiger partial charge on any atom is 0.411 e. The molecule has 4 heterocycles. The molecule has 2 aliphatic heterocycles. The SMILES string of the molecule is O=C1Nc2ccc(-c3c(-c4ccc(F)cc4)nc4c(N5CCOCC5)nccn34)cc2CO1. The highest BCUT2D eigenvalue weighted by Gasteiger charge is 2.24.